The maximum atomic E-state index is 13.7. The Morgan fingerprint density at radius 2 is 1.57 bits per heavy atom. The van der Waals surface area contributed by atoms with Crippen molar-refractivity contribution in [2.45, 2.75) is 10.3 Å². The molecule has 0 aliphatic carbocycles. The van der Waals surface area contributed by atoms with E-state index in [1.165, 1.54) is 58.3 Å². The molecule has 4 rings (SSSR count). The van der Waals surface area contributed by atoms with Crippen LogP contribution in [0.2, 0.25) is 0 Å². The molecule has 1 saturated heterocycles. The van der Waals surface area contributed by atoms with Crippen molar-refractivity contribution < 1.29 is 31.9 Å². The lowest BCUT2D eigenvalue weighted by molar-refractivity contribution is -0.140. The minimum absolute atomic E-state index is 0.0416. The summed E-state index contributed by atoms with van der Waals surface area (Å²) in [5, 5.41) is 2.22. The van der Waals surface area contributed by atoms with E-state index in [1.807, 2.05) is 0 Å². The molecular formula is C25H24FN3O6S2. The van der Waals surface area contributed by atoms with Gasteiger partial charge in [-0.2, -0.15) is 0 Å². The van der Waals surface area contributed by atoms with Crippen molar-refractivity contribution in [2.75, 3.05) is 32.8 Å². The fourth-order valence-electron chi connectivity index (χ4n) is 3.75. The zero-order valence-corrected chi connectivity index (χ0v) is 21.2. The molecule has 1 aromatic heterocycles. The number of amides is 3. The number of carbonyl (C=O) groups excluding carboxylic acids is 3. The zero-order chi connectivity index (χ0) is 26.4. The van der Waals surface area contributed by atoms with Gasteiger partial charge in [-0.15, -0.1) is 11.3 Å². The van der Waals surface area contributed by atoms with Crippen molar-refractivity contribution in [2.24, 2.45) is 0 Å². The van der Waals surface area contributed by atoms with E-state index in [0.29, 0.717) is 0 Å². The average Bonchev–Trinajstić information content (AvgIpc) is 3.46. The van der Waals surface area contributed by atoms with Crippen LogP contribution in [0.1, 0.15) is 9.67 Å². The van der Waals surface area contributed by atoms with Crippen LogP contribution in [-0.2, 0) is 19.4 Å². The Morgan fingerprint density at radius 3 is 2.22 bits per heavy atom. The summed E-state index contributed by atoms with van der Waals surface area (Å²) in [7, 11) is -4.26. The summed E-state index contributed by atoms with van der Waals surface area (Å²) in [6.07, 6.45) is 0. The Kier molecular flexibility index (Phi) is 8.19. The van der Waals surface area contributed by atoms with Gasteiger partial charge < -0.3 is 19.9 Å². The van der Waals surface area contributed by atoms with E-state index in [0.717, 1.165) is 11.3 Å². The van der Waals surface area contributed by atoms with Crippen LogP contribution in [0.15, 0.2) is 77.0 Å². The highest BCUT2D eigenvalue weighted by Crippen LogP contribution is 2.19. The molecule has 0 spiro atoms. The van der Waals surface area contributed by atoms with Gasteiger partial charge in [0.25, 0.3) is 17.7 Å². The number of nitrogens with zero attached hydrogens (tertiary/aromatic N) is 2. The van der Waals surface area contributed by atoms with E-state index in [2.05, 4.69) is 5.32 Å². The third-order valence-electron chi connectivity index (χ3n) is 5.75. The number of thiophene rings is 1. The Balaban J connectivity index is 1.43. The van der Waals surface area contributed by atoms with Crippen molar-refractivity contribution in [3.05, 3.63) is 82.8 Å². The van der Waals surface area contributed by atoms with E-state index < -0.39 is 38.7 Å². The first-order chi connectivity index (χ1) is 17.8. The number of rotatable bonds is 8. The van der Waals surface area contributed by atoms with Gasteiger partial charge in [-0.3, -0.25) is 14.4 Å². The number of ether oxygens (including phenoxy) is 1. The third-order valence-corrected chi connectivity index (χ3v) is 8.48. The van der Waals surface area contributed by atoms with Gasteiger partial charge in [-0.05, 0) is 35.7 Å². The molecule has 0 unspecified atom stereocenters. The molecule has 12 heteroatoms. The second-order valence-electron chi connectivity index (χ2n) is 8.11. The van der Waals surface area contributed by atoms with Crippen LogP contribution >= 0.6 is 11.3 Å². The lowest BCUT2D eigenvalue weighted by Crippen LogP contribution is -2.58. The molecule has 3 aromatic rings. The molecule has 2 aromatic carbocycles. The summed E-state index contributed by atoms with van der Waals surface area (Å²) in [5.41, 5.74) is 0. The second kappa shape index (κ2) is 11.5. The van der Waals surface area contributed by atoms with Gasteiger partial charge in [0, 0.05) is 26.2 Å². The Hall–Kier alpha value is -3.77. The fourth-order valence-corrected chi connectivity index (χ4v) is 5.86. The third kappa shape index (κ3) is 6.15. The van der Waals surface area contributed by atoms with Gasteiger partial charge in [0.05, 0.1) is 9.77 Å². The zero-order valence-electron chi connectivity index (χ0n) is 19.6. The summed E-state index contributed by atoms with van der Waals surface area (Å²) in [4.78, 5) is 41.6. The summed E-state index contributed by atoms with van der Waals surface area (Å²) < 4.78 is 45.7. The normalized spacial score (nSPS) is 14.6. The number of hydrogen-bond acceptors (Lipinski definition) is 7. The summed E-state index contributed by atoms with van der Waals surface area (Å²) in [5.74, 6) is -2.48. The second-order valence-corrected chi connectivity index (χ2v) is 11.1. The molecule has 1 fully saturated rings. The molecule has 0 saturated carbocycles. The highest BCUT2D eigenvalue weighted by Gasteiger charge is 2.39. The van der Waals surface area contributed by atoms with Crippen LogP contribution < -0.4 is 10.1 Å². The molecule has 194 valence electrons. The van der Waals surface area contributed by atoms with Crippen molar-refractivity contribution >= 4 is 38.9 Å². The number of para-hydroxylation sites is 1. The van der Waals surface area contributed by atoms with Crippen LogP contribution in [0.25, 0.3) is 0 Å². The van der Waals surface area contributed by atoms with Crippen molar-refractivity contribution in [1.29, 1.82) is 0 Å². The van der Waals surface area contributed by atoms with Gasteiger partial charge in [0.2, 0.25) is 15.2 Å². The number of halogens is 1. The summed E-state index contributed by atoms with van der Waals surface area (Å²) >= 11 is 1.12. The van der Waals surface area contributed by atoms with Crippen LogP contribution in [0, 0.1) is 5.82 Å². The van der Waals surface area contributed by atoms with Gasteiger partial charge in [0.1, 0.15) is 0 Å². The predicted molar refractivity (Wildman–Crippen MR) is 134 cm³/mol. The molecule has 2 heterocycles. The average molecular weight is 546 g/mol. The topological polar surface area (TPSA) is 113 Å². The molecule has 3 amide bonds. The van der Waals surface area contributed by atoms with Crippen molar-refractivity contribution in [3.8, 4) is 5.75 Å². The largest absolute Gasteiger partial charge is 0.481 e. The Morgan fingerprint density at radius 1 is 0.919 bits per heavy atom. The minimum Gasteiger partial charge on any atom is -0.481 e. The highest BCUT2D eigenvalue weighted by atomic mass is 32.2. The minimum atomic E-state index is -4.26. The Labute approximate surface area is 217 Å². The highest BCUT2D eigenvalue weighted by molar-refractivity contribution is 7.92. The van der Waals surface area contributed by atoms with Gasteiger partial charge in [-0.25, -0.2) is 12.8 Å². The summed E-state index contributed by atoms with van der Waals surface area (Å²) in [6, 6.07) is 16.3. The molecular weight excluding hydrogens is 521 g/mol. The van der Waals surface area contributed by atoms with Crippen molar-refractivity contribution in [1.82, 2.24) is 15.1 Å². The lowest BCUT2D eigenvalue weighted by Gasteiger charge is -2.36. The molecule has 0 radical (unpaired) electrons. The van der Waals surface area contributed by atoms with Crippen molar-refractivity contribution in [3.63, 3.8) is 0 Å². The number of sulfone groups is 1. The first kappa shape index (κ1) is 26.3. The number of benzene rings is 2. The maximum Gasteiger partial charge on any atom is 0.262 e. The number of hydrogen-bond donors (Lipinski definition) is 1. The molecule has 0 bridgehead atoms. The van der Waals surface area contributed by atoms with E-state index in [9.17, 15) is 27.2 Å². The molecule has 1 atom stereocenters. The molecule has 1 N–H and O–H groups in total. The predicted octanol–water partition coefficient (Wildman–Crippen LogP) is 2.17. The van der Waals surface area contributed by atoms with Crippen LogP contribution in [-0.4, -0.2) is 74.1 Å². The Bertz CT molecular complexity index is 1360. The maximum absolute atomic E-state index is 13.7. The van der Waals surface area contributed by atoms with Crippen LogP contribution in [0.4, 0.5) is 4.39 Å². The molecule has 9 nitrogen and oxygen atoms in total. The van der Waals surface area contributed by atoms with E-state index in [-0.39, 0.29) is 48.3 Å². The number of nitrogens with one attached hydrogen (secondary N) is 1. The molecule has 1 aliphatic rings. The first-order valence-corrected chi connectivity index (χ1v) is 13.8. The monoisotopic (exact) mass is 545 g/mol. The standard InChI is InChI=1S/C25H24FN3O6S2/c26-19-9-4-5-10-20(19)35-17-22(30)28-12-14-29(15-13-28)25(32)24(27-23(31)21-11-6-16-36-21)37(33,34)18-7-2-1-3-8-18/h1-11,16,24H,12-15,17H2,(H,27,31)/t24-/m1/s1. The summed E-state index contributed by atoms with van der Waals surface area (Å²) in [6.45, 7) is -0.0129. The fraction of sp³-hybridized carbons (Fsp3) is 0.240. The lowest BCUT2D eigenvalue weighted by atomic mass is 10.3. The van der Waals surface area contributed by atoms with Gasteiger partial charge in [-0.1, -0.05) is 36.4 Å². The molecule has 37 heavy (non-hydrogen) atoms. The van der Waals surface area contributed by atoms with Crippen LogP contribution in [0.3, 0.4) is 0 Å². The number of piperazine rings is 1. The first-order valence-electron chi connectivity index (χ1n) is 11.3. The smallest absolute Gasteiger partial charge is 0.262 e. The van der Waals surface area contributed by atoms with Gasteiger partial charge >= 0.3 is 0 Å². The van der Waals surface area contributed by atoms with E-state index in [4.69, 9.17) is 4.74 Å². The SMILES string of the molecule is O=C(N[C@@H](C(=O)N1CCN(C(=O)COc2ccccc2F)CC1)S(=O)(=O)c1ccccc1)c1cccs1. The van der Waals surface area contributed by atoms with Gasteiger partial charge in [0.15, 0.2) is 18.2 Å². The van der Waals surface area contributed by atoms with E-state index in [1.54, 1.807) is 23.6 Å². The van der Waals surface area contributed by atoms with Crippen LogP contribution in [0.5, 0.6) is 5.75 Å². The quantitative estimate of drug-likeness (QED) is 0.464. The molecule has 1 aliphatic heterocycles. The van der Waals surface area contributed by atoms with E-state index >= 15 is 0 Å². The number of carbonyl (C=O) groups is 3.